The maximum absolute atomic E-state index is 5.12. The van der Waals surface area contributed by atoms with Gasteiger partial charge >= 0.3 is 0 Å². The summed E-state index contributed by atoms with van der Waals surface area (Å²) in [6.07, 6.45) is 11.4. The molecule has 0 aliphatic carbocycles. The Balaban J connectivity index is 3.65. The first-order chi connectivity index (χ1) is 5.16. The van der Waals surface area contributed by atoms with E-state index in [1.165, 1.54) is 11.1 Å². The van der Waals surface area contributed by atoms with E-state index in [0.29, 0.717) is 0 Å². The van der Waals surface area contributed by atoms with Crippen molar-refractivity contribution in [3.8, 4) is 12.3 Å². The van der Waals surface area contributed by atoms with E-state index in [1.807, 2.05) is 6.08 Å². The summed E-state index contributed by atoms with van der Waals surface area (Å²) in [6, 6.07) is 0. The van der Waals surface area contributed by atoms with Crippen LogP contribution in [0.15, 0.2) is 23.3 Å². The van der Waals surface area contributed by atoms with Crippen LogP contribution in [0, 0.1) is 12.3 Å². The maximum Gasteiger partial charge on any atom is -0.0132 e. The van der Waals surface area contributed by atoms with Gasteiger partial charge in [0, 0.05) is 0 Å². The maximum atomic E-state index is 5.12. The second-order valence-electron chi connectivity index (χ2n) is 2.98. The molecule has 0 rings (SSSR count). The Labute approximate surface area is 70.0 Å². The summed E-state index contributed by atoms with van der Waals surface area (Å²) in [5, 5.41) is 0. The van der Waals surface area contributed by atoms with Gasteiger partial charge in [0.2, 0.25) is 0 Å². The van der Waals surface area contributed by atoms with Gasteiger partial charge in [0.05, 0.1) is 0 Å². The van der Waals surface area contributed by atoms with Gasteiger partial charge < -0.3 is 0 Å². The highest BCUT2D eigenvalue weighted by molar-refractivity contribution is 5.16. The molecule has 0 bridgehead atoms. The highest BCUT2D eigenvalue weighted by Crippen LogP contribution is 2.05. The van der Waals surface area contributed by atoms with E-state index in [2.05, 4.69) is 32.8 Å². The zero-order valence-corrected chi connectivity index (χ0v) is 7.65. The molecule has 11 heavy (non-hydrogen) atoms. The van der Waals surface area contributed by atoms with Gasteiger partial charge in [0.15, 0.2) is 0 Å². The van der Waals surface area contributed by atoms with Crippen LogP contribution in [-0.4, -0.2) is 0 Å². The summed E-state index contributed by atoms with van der Waals surface area (Å²) in [6.45, 7) is 6.29. The standard InChI is InChI=1S/C11H16/c1-5-7-11(4)9-6-8-10(2)3/h1,7-8H,6,9H2,2-4H3. The molecular formula is C11H16. The largest absolute Gasteiger partial charge is 0.115 e. The summed E-state index contributed by atoms with van der Waals surface area (Å²) in [4.78, 5) is 0. The van der Waals surface area contributed by atoms with Crippen molar-refractivity contribution >= 4 is 0 Å². The Morgan fingerprint density at radius 1 is 1.36 bits per heavy atom. The zero-order valence-electron chi connectivity index (χ0n) is 7.65. The molecule has 0 radical (unpaired) electrons. The molecule has 0 aromatic carbocycles. The fourth-order valence-electron chi connectivity index (χ4n) is 0.803. The lowest BCUT2D eigenvalue weighted by Gasteiger charge is -1.94. The van der Waals surface area contributed by atoms with Crippen molar-refractivity contribution in [2.24, 2.45) is 0 Å². The molecule has 0 heteroatoms. The summed E-state index contributed by atoms with van der Waals surface area (Å²) in [5.74, 6) is 2.52. The van der Waals surface area contributed by atoms with Crippen LogP contribution in [0.4, 0.5) is 0 Å². The SMILES string of the molecule is C#CC=C(C)CCC=C(C)C. The molecule has 0 saturated heterocycles. The van der Waals surface area contributed by atoms with Crippen molar-refractivity contribution in [1.82, 2.24) is 0 Å². The molecule has 0 aliphatic rings. The minimum atomic E-state index is 1.08. The van der Waals surface area contributed by atoms with E-state index >= 15 is 0 Å². The zero-order chi connectivity index (χ0) is 8.69. The van der Waals surface area contributed by atoms with Crippen molar-refractivity contribution in [2.45, 2.75) is 33.6 Å². The monoisotopic (exact) mass is 148 g/mol. The number of rotatable bonds is 3. The third kappa shape index (κ3) is 6.93. The smallest absolute Gasteiger partial charge is 0.0132 e. The fraction of sp³-hybridized carbons (Fsp3) is 0.455. The average molecular weight is 148 g/mol. The Bertz CT molecular complexity index is 195. The molecular weight excluding hydrogens is 132 g/mol. The second kappa shape index (κ2) is 5.80. The topological polar surface area (TPSA) is 0 Å². The van der Waals surface area contributed by atoms with Crippen LogP contribution in [0.1, 0.15) is 33.6 Å². The number of allylic oxidation sites excluding steroid dienone is 4. The summed E-state index contributed by atoms with van der Waals surface area (Å²) in [5.41, 5.74) is 2.66. The summed E-state index contributed by atoms with van der Waals surface area (Å²) >= 11 is 0. The van der Waals surface area contributed by atoms with Crippen LogP contribution in [0.5, 0.6) is 0 Å². The van der Waals surface area contributed by atoms with Crippen LogP contribution >= 0.6 is 0 Å². The molecule has 0 N–H and O–H groups in total. The van der Waals surface area contributed by atoms with E-state index in [9.17, 15) is 0 Å². The van der Waals surface area contributed by atoms with Crippen molar-refractivity contribution < 1.29 is 0 Å². The minimum absolute atomic E-state index is 1.08. The lowest BCUT2D eigenvalue weighted by Crippen LogP contribution is -1.75. The van der Waals surface area contributed by atoms with Crippen molar-refractivity contribution in [3.05, 3.63) is 23.3 Å². The normalized spacial score (nSPS) is 10.5. The van der Waals surface area contributed by atoms with Gasteiger partial charge in [-0.1, -0.05) is 23.1 Å². The van der Waals surface area contributed by atoms with Gasteiger partial charge in [-0.05, 0) is 39.7 Å². The van der Waals surface area contributed by atoms with Gasteiger partial charge in [0.1, 0.15) is 0 Å². The van der Waals surface area contributed by atoms with Gasteiger partial charge in [0.25, 0.3) is 0 Å². The Hall–Kier alpha value is -0.960. The Kier molecular flexibility index (Phi) is 5.29. The van der Waals surface area contributed by atoms with E-state index in [1.54, 1.807) is 0 Å². The van der Waals surface area contributed by atoms with Crippen LogP contribution in [0.25, 0.3) is 0 Å². The average Bonchev–Trinajstić information content (AvgIpc) is 1.87. The predicted molar refractivity (Wildman–Crippen MR) is 51.3 cm³/mol. The summed E-state index contributed by atoms with van der Waals surface area (Å²) < 4.78 is 0. The van der Waals surface area contributed by atoms with Crippen molar-refractivity contribution in [1.29, 1.82) is 0 Å². The third-order valence-corrected chi connectivity index (χ3v) is 1.42. The molecule has 0 aromatic heterocycles. The van der Waals surface area contributed by atoms with E-state index < -0.39 is 0 Å². The van der Waals surface area contributed by atoms with Gasteiger partial charge in [-0.25, -0.2) is 0 Å². The lowest BCUT2D eigenvalue weighted by atomic mass is 10.1. The van der Waals surface area contributed by atoms with E-state index in [0.717, 1.165) is 12.8 Å². The van der Waals surface area contributed by atoms with Crippen LogP contribution in [0.2, 0.25) is 0 Å². The van der Waals surface area contributed by atoms with Gasteiger partial charge in [-0.3, -0.25) is 0 Å². The molecule has 0 aliphatic heterocycles. The Morgan fingerprint density at radius 2 is 2.00 bits per heavy atom. The molecule has 0 spiro atoms. The van der Waals surface area contributed by atoms with Crippen molar-refractivity contribution in [3.63, 3.8) is 0 Å². The first kappa shape index (κ1) is 10.0. The molecule has 0 fully saturated rings. The minimum Gasteiger partial charge on any atom is -0.115 e. The highest BCUT2D eigenvalue weighted by Gasteiger charge is 1.85. The first-order valence-corrected chi connectivity index (χ1v) is 3.92. The third-order valence-electron chi connectivity index (χ3n) is 1.42. The van der Waals surface area contributed by atoms with Crippen molar-refractivity contribution in [2.75, 3.05) is 0 Å². The number of hydrogen-bond donors (Lipinski definition) is 0. The van der Waals surface area contributed by atoms with Crippen LogP contribution < -0.4 is 0 Å². The first-order valence-electron chi connectivity index (χ1n) is 3.92. The lowest BCUT2D eigenvalue weighted by molar-refractivity contribution is 0.968. The second-order valence-corrected chi connectivity index (χ2v) is 2.98. The van der Waals surface area contributed by atoms with Gasteiger partial charge in [-0.15, -0.1) is 6.42 Å². The molecule has 60 valence electrons. The number of hydrogen-bond acceptors (Lipinski definition) is 0. The molecule has 0 nitrogen and oxygen atoms in total. The predicted octanol–water partition coefficient (Wildman–Crippen LogP) is 3.31. The fourth-order valence-corrected chi connectivity index (χ4v) is 0.803. The van der Waals surface area contributed by atoms with Gasteiger partial charge in [-0.2, -0.15) is 0 Å². The molecule has 0 unspecified atom stereocenters. The van der Waals surface area contributed by atoms with Crippen LogP contribution in [-0.2, 0) is 0 Å². The molecule has 0 amide bonds. The molecule has 0 aromatic rings. The van der Waals surface area contributed by atoms with Crippen LogP contribution in [0.3, 0.4) is 0 Å². The molecule has 0 atom stereocenters. The van der Waals surface area contributed by atoms with E-state index in [-0.39, 0.29) is 0 Å². The molecule has 0 heterocycles. The molecule has 0 saturated carbocycles. The number of terminal acetylenes is 1. The Morgan fingerprint density at radius 3 is 2.45 bits per heavy atom. The quantitative estimate of drug-likeness (QED) is 0.425. The summed E-state index contributed by atoms with van der Waals surface area (Å²) in [7, 11) is 0. The van der Waals surface area contributed by atoms with E-state index in [4.69, 9.17) is 6.42 Å². The highest BCUT2D eigenvalue weighted by atomic mass is 13.9.